The van der Waals surface area contributed by atoms with E-state index >= 15 is 0 Å². The van der Waals surface area contributed by atoms with Gasteiger partial charge in [-0.15, -0.1) is 0 Å². The number of nitrogens with one attached hydrogen (secondary N) is 1. The van der Waals surface area contributed by atoms with Gasteiger partial charge in [-0.2, -0.15) is 0 Å². The Morgan fingerprint density at radius 3 is 2.73 bits per heavy atom. The van der Waals surface area contributed by atoms with E-state index in [0.717, 1.165) is 0 Å². The molecule has 0 radical (unpaired) electrons. The van der Waals surface area contributed by atoms with Crippen molar-refractivity contribution in [3.63, 3.8) is 0 Å². The first-order chi connectivity index (χ1) is 7.07. The van der Waals surface area contributed by atoms with Crippen LogP contribution in [0.25, 0.3) is 0 Å². The van der Waals surface area contributed by atoms with E-state index in [9.17, 15) is 15.3 Å². The van der Waals surface area contributed by atoms with Crippen molar-refractivity contribution < 1.29 is 25.2 Å². The van der Waals surface area contributed by atoms with Gasteiger partial charge in [-0.1, -0.05) is 0 Å². The number of hydrogen-bond donors (Lipinski definition) is 5. The van der Waals surface area contributed by atoms with Gasteiger partial charge in [-0.3, -0.25) is 0 Å². The maximum absolute atomic E-state index is 9.61. The van der Waals surface area contributed by atoms with E-state index in [4.69, 9.17) is 9.84 Å². The van der Waals surface area contributed by atoms with Gasteiger partial charge in [-0.25, -0.2) is 4.98 Å². The Bertz CT molecular complexity index is 326. The smallest absolute Gasteiger partial charge is 0.226 e. The molecule has 3 atom stereocenters. The van der Waals surface area contributed by atoms with Crippen LogP contribution >= 0.6 is 0 Å². The fraction of sp³-hybridized carbons (Fsp3) is 0.625. The second-order valence-corrected chi connectivity index (χ2v) is 3.44. The summed E-state index contributed by atoms with van der Waals surface area (Å²) >= 11 is 0. The van der Waals surface area contributed by atoms with E-state index in [2.05, 4.69) is 9.97 Å². The molecule has 5 N–H and O–H groups in total. The maximum atomic E-state index is 9.61. The van der Waals surface area contributed by atoms with Gasteiger partial charge >= 0.3 is 0 Å². The molecule has 0 amide bonds. The summed E-state index contributed by atoms with van der Waals surface area (Å²) in [7, 11) is 0. The monoisotopic (exact) mass is 216 g/mol. The third-order valence-corrected chi connectivity index (χ3v) is 2.43. The third-order valence-electron chi connectivity index (χ3n) is 2.43. The molecule has 1 aromatic heterocycles. The lowest BCUT2D eigenvalue weighted by molar-refractivity contribution is -0.233. The zero-order chi connectivity index (χ0) is 11.1. The number of aliphatic hydroxyl groups excluding tert-OH is 2. The fourth-order valence-electron chi connectivity index (χ4n) is 1.61. The summed E-state index contributed by atoms with van der Waals surface area (Å²) in [6.45, 7) is -0.499. The summed E-state index contributed by atoms with van der Waals surface area (Å²) in [6.07, 6.45) is -0.881. The van der Waals surface area contributed by atoms with E-state index in [1.807, 2.05) is 0 Å². The fourth-order valence-corrected chi connectivity index (χ4v) is 1.61. The second-order valence-electron chi connectivity index (χ2n) is 3.44. The number of rotatable bonds is 2. The number of aromatic nitrogens is 2. The lowest BCUT2D eigenvalue weighted by Gasteiger charge is -2.23. The standard InChI is InChI=1S/C8H12N2O5/c11-3-4-5(12)8(13,14)6(15-4)7-9-1-2-10-7/h1-2,4-6,11-14H,3H2,(H,9,10)/t4-,5-,6?/m1/s1. The van der Waals surface area contributed by atoms with E-state index in [1.165, 1.54) is 12.4 Å². The molecular weight excluding hydrogens is 204 g/mol. The summed E-state index contributed by atoms with van der Waals surface area (Å²) in [6, 6.07) is 0. The molecule has 15 heavy (non-hydrogen) atoms. The minimum Gasteiger partial charge on any atom is -0.394 e. The predicted octanol–water partition coefficient (Wildman–Crippen LogP) is -2.12. The molecule has 1 fully saturated rings. The number of imidazole rings is 1. The minimum absolute atomic E-state index is 0.190. The number of ether oxygens (including phenoxy) is 1. The van der Waals surface area contributed by atoms with Crippen molar-refractivity contribution >= 4 is 0 Å². The van der Waals surface area contributed by atoms with Gasteiger partial charge in [0, 0.05) is 12.4 Å². The SMILES string of the molecule is OC[C@H]1OC(c2ncc[nH]2)C(O)(O)[C@@H]1O. The molecule has 84 valence electrons. The zero-order valence-corrected chi connectivity index (χ0v) is 7.74. The molecule has 1 aromatic rings. The Hall–Kier alpha value is -0.990. The second kappa shape index (κ2) is 3.54. The summed E-state index contributed by atoms with van der Waals surface area (Å²) < 4.78 is 5.09. The number of aromatic amines is 1. The first-order valence-corrected chi connectivity index (χ1v) is 4.45. The molecule has 7 heteroatoms. The van der Waals surface area contributed by atoms with E-state index in [-0.39, 0.29) is 5.82 Å². The molecule has 0 spiro atoms. The molecule has 0 bridgehead atoms. The molecular formula is C8H12N2O5. The average Bonchev–Trinajstić information content (AvgIpc) is 2.76. The highest BCUT2D eigenvalue weighted by atomic mass is 16.6. The van der Waals surface area contributed by atoms with Crippen molar-refractivity contribution in [3.8, 4) is 0 Å². The Balaban J connectivity index is 2.27. The highest BCUT2D eigenvalue weighted by Gasteiger charge is 2.55. The Kier molecular flexibility index (Phi) is 2.49. The van der Waals surface area contributed by atoms with Gasteiger partial charge in [0.2, 0.25) is 5.79 Å². The van der Waals surface area contributed by atoms with Crippen LogP contribution in [-0.2, 0) is 4.74 Å². The van der Waals surface area contributed by atoms with Gasteiger partial charge in [0.05, 0.1) is 6.61 Å². The Morgan fingerprint density at radius 1 is 1.53 bits per heavy atom. The molecule has 0 aromatic carbocycles. The highest BCUT2D eigenvalue weighted by molar-refractivity contribution is 5.06. The first-order valence-electron chi connectivity index (χ1n) is 4.45. The first kappa shape index (κ1) is 10.5. The molecule has 0 saturated carbocycles. The minimum atomic E-state index is -2.45. The highest BCUT2D eigenvalue weighted by Crippen LogP contribution is 2.38. The molecule has 2 heterocycles. The van der Waals surface area contributed by atoms with Crippen LogP contribution in [0.4, 0.5) is 0 Å². The summed E-state index contributed by atoms with van der Waals surface area (Å²) in [5, 5.41) is 37.5. The van der Waals surface area contributed by atoms with Crippen LogP contribution in [0.5, 0.6) is 0 Å². The van der Waals surface area contributed by atoms with Crippen molar-refractivity contribution in [2.24, 2.45) is 0 Å². The van der Waals surface area contributed by atoms with Crippen LogP contribution in [0.15, 0.2) is 12.4 Å². The molecule has 2 rings (SSSR count). The number of nitrogens with zero attached hydrogens (tertiary/aromatic N) is 1. The van der Waals surface area contributed by atoms with Crippen LogP contribution in [0.1, 0.15) is 11.9 Å². The topological polar surface area (TPSA) is 119 Å². The molecule has 1 unspecified atom stereocenters. The van der Waals surface area contributed by atoms with Gasteiger partial charge in [0.15, 0.2) is 6.10 Å². The lowest BCUT2D eigenvalue weighted by atomic mass is 10.0. The van der Waals surface area contributed by atoms with E-state index in [1.54, 1.807) is 0 Å². The van der Waals surface area contributed by atoms with Crippen molar-refractivity contribution in [3.05, 3.63) is 18.2 Å². The van der Waals surface area contributed by atoms with Crippen LogP contribution < -0.4 is 0 Å². The summed E-state index contributed by atoms with van der Waals surface area (Å²) in [4.78, 5) is 6.45. The number of H-pyrrole nitrogens is 1. The Labute approximate surface area is 85.0 Å². The number of hydrogen-bond acceptors (Lipinski definition) is 6. The van der Waals surface area contributed by atoms with Gasteiger partial charge in [0.25, 0.3) is 0 Å². The van der Waals surface area contributed by atoms with Crippen molar-refractivity contribution in [1.82, 2.24) is 9.97 Å². The quantitative estimate of drug-likeness (QED) is 0.361. The normalized spacial score (nSPS) is 34.5. The molecule has 1 aliphatic rings. The molecule has 0 aliphatic carbocycles. The molecule has 1 aliphatic heterocycles. The molecule has 7 nitrogen and oxygen atoms in total. The van der Waals surface area contributed by atoms with Gasteiger partial charge in [-0.05, 0) is 0 Å². The maximum Gasteiger partial charge on any atom is 0.226 e. The van der Waals surface area contributed by atoms with E-state index < -0.39 is 30.7 Å². The predicted molar refractivity (Wildman–Crippen MR) is 46.5 cm³/mol. The van der Waals surface area contributed by atoms with Gasteiger partial charge in [0.1, 0.15) is 18.0 Å². The summed E-state index contributed by atoms with van der Waals surface area (Å²) in [5.41, 5.74) is 0. The van der Waals surface area contributed by atoms with Crippen molar-refractivity contribution in [2.45, 2.75) is 24.1 Å². The average molecular weight is 216 g/mol. The zero-order valence-electron chi connectivity index (χ0n) is 7.74. The van der Waals surface area contributed by atoms with Gasteiger partial charge < -0.3 is 30.1 Å². The van der Waals surface area contributed by atoms with Crippen LogP contribution in [0.3, 0.4) is 0 Å². The number of aliphatic hydroxyl groups is 4. The van der Waals surface area contributed by atoms with Crippen molar-refractivity contribution in [1.29, 1.82) is 0 Å². The Morgan fingerprint density at radius 2 is 2.27 bits per heavy atom. The van der Waals surface area contributed by atoms with Crippen molar-refractivity contribution in [2.75, 3.05) is 6.61 Å². The summed E-state index contributed by atoms with van der Waals surface area (Å²) in [5.74, 6) is -2.26. The third kappa shape index (κ3) is 1.54. The van der Waals surface area contributed by atoms with Crippen LogP contribution in [0, 0.1) is 0 Å². The van der Waals surface area contributed by atoms with E-state index in [0.29, 0.717) is 0 Å². The van der Waals surface area contributed by atoms with Crippen LogP contribution in [0.2, 0.25) is 0 Å². The van der Waals surface area contributed by atoms with Crippen LogP contribution in [-0.4, -0.2) is 55.0 Å². The molecule has 1 saturated heterocycles. The largest absolute Gasteiger partial charge is 0.394 e. The lowest BCUT2D eigenvalue weighted by Crippen LogP contribution is -2.45.